The second-order valence-electron chi connectivity index (χ2n) is 8.96. The number of pyridine rings is 1. The van der Waals surface area contributed by atoms with Crippen molar-refractivity contribution in [2.24, 2.45) is 0 Å². The van der Waals surface area contributed by atoms with Crippen LogP contribution in [0.3, 0.4) is 0 Å². The van der Waals surface area contributed by atoms with E-state index >= 15 is 0 Å². The molecule has 34 heavy (non-hydrogen) atoms. The molecule has 9 nitrogen and oxygen atoms in total. The maximum atomic E-state index is 13.0. The van der Waals surface area contributed by atoms with Crippen LogP contribution in [-0.2, 0) is 20.7 Å². The molecule has 2 aromatic heterocycles. The van der Waals surface area contributed by atoms with Gasteiger partial charge in [-0.15, -0.1) is 5.10 Å². The van der Waals surface area contributed by atoms with Crippen LogP contribution < -0.4 is 5.56 Å². The van der Waals surface area contributed by atoms with Gasteiger partial charge in [0.1, 0.15) is 11.6 Å². The van der Waals surface area contributed by atoms with Crippen LogP contribution in [0.1, 0.15) is 56.3 Å². The number of hydrogen-bond donors (Lipinski definition) is 0. The van der Waals surface area contributed by atoms with Crippen molar-refractivity contribution in [2.75, 3.05) is 6.61 Å². The molecule has 3 aromatic rings. The second kappa shape index (κ2) is 9.06. The largest absolute Gasteiger partial charge is 0.464 e. The predicted octanol–water partition coefficient (Wildman–Crippen LogP) is 3.76. The third-order valence-electron chi connectivity index (χ3n) is 5.31. The van der Waals surface area contributed by atoms with Gasteiger partial charge in [-0.3, -0.25) is 9.36 Å². The average molecular weight is 485 g/mol. The van der Waals surface area contributed by atoms with Gasteiger partial charge in [-0.2, -0.15) is 0 Å². The number of aromatic nitrogens is 4. The Bertz CT molecular complexity index is 1320. The van der Waals surface area contributed by atoms with E-state index in [4.69, 9.17) is 21.1 Å². The summed E-state index contributed by atoms with van der Waals surface area (Å²) in [6.07, 6.45) is 2.54. The molecule has 4 rings (SSSR count). The van der Waals surface area contributed by atoms with Gasteiger partial charge in [-0.1, -0.05) is 16.8 Å². The Balaban J connectivity index is 1.74. The predicted molar refractivity (Wildman–Crippen MR) is 125 cm³/mol. The molecule has 0 saturated heterocycles. The third-order valence-corrected chi connectivity index (χ3v) is 5.55. The number of hydrogen-bond acceptors (Lipinski definition) is 7. The molecule has 0 amide bonds. The summed E-state index contributed by atoms with van der Waals surface area (Å²) in [4.78, 5) is 37.7. The van der Waals surface area contributed by atoms with Gasteiger partial charge in [0, 0.05) is 22.3 Å². The van der Waals surface area contributed by atoms with Crippen LogP contribution in [0.15, 0.2) is 41.3 Å². The van der Waals surface area contributed by atoms with Crippen molar-refractivity contribution in [1.82, 2.24) is 19.6 Å². The number of benzene rings is 1. The molecular weight excluding hydrogens is 460 g/mol. The number of aryl methyl sites for hydroxylation is 1. The summed E-state index contributed by atoms with van der Waals surface area (Å²) < 4.78 is 13.4. The molecule has 10 heteroatoms. The molecule has 1 aliphatic rings. The van der Waals surface area contributed by atoms with Crippen LogP contribution in [0.25, 0.3) is 16.8 Å². The fraction of sp³-hybridized carbons (Fsp3) is 0.375. The van der Waals surface area contributed by atoms with Crippen molar-refractivity contribution < 1.29 is 19.1 Å². The van der Waals surface area contributed by atoms with E-state index in [1.807, 2.05) is 6.07 Å². The summed E-state index contributed by atoms with van der Waals surface area (Å²) in [7, 11) is 0. The highest BCUT2D eigenvalue weighted by atomic mass is 35.5. The highest BCUT2D eigenvalue weighted by molar-refractivity contribution is 6.31. The van der Waals surface area contributed by atoms with Gasteiger partial charge in [0.05, 0.1) is 18.5 Å². The van der Waals surface area contributed by atoms with E-state index < -0.39 is 23.6 Å². The molecular formula is C24H25ClN4O5. The second-order valence-corrected chi connectivity index (χ2v) is 9.40. The fourth-order valence-electron chi connectivity index (χ4n) is 3.96. The number of halogens is 1. The smallest absolute Gasteiger partial charge is 0.361 e. The van der Waals surface area contributed by atoms with Crippen LogP contribution in [0.4, 0.5) is 0 Å². The van der Waals surface area contributed by atoms with E-state index in [9.17, 15) is 14.4 Å². The molecule has 3 heterocycles. The van der Waals surface area contributed by atoms with Gasteiger partial charge >= 0.3 is 11.9 Å². The molecule has 0 spiro atoms. The summed E-state index contributed by atoms with van der Waals surface area (Å²) in [5.41, 5.74) is 1.65. The summed E-state index contributed by atoms with van der Waals surface area (Å²) in [6.45, 7) is 7.30. The van der Waals surface area contributed by atoms with Crippen molar-refractivity contribution in [1.29, 1.82) is 0 Å². The van der Waals surface area contributed by atoms with Gasteiger partial charge < -0.3 is 9.47 Å². The van der Waals surface area contributed by atoms with E-state index in [2.05, 4.69) is 10.3 Å². The minimum atomic E-state index is -0.666. The quantitative estimate of drug-likeness (QED) is 0.507. The fourth-order valence-corrected chi connectivity index (χ4v) is 4.13. The first kappa shape index (κ1) is 23.7. The Morgan fingerprint density at radius 1 is 1.21 bits per heavy atom. The molecule has 1 atom stereocenters. The molecule has 0 aliphatic carbocycles. The van der Waals surface area contributed by atoms with E-state index in [1.165, 1.54) is 21.5 Å². The maximum absolute atomic E-state index is 13.0. The van der Waals surface area contributed by atoms with Crippen LogP contribution in [0.2, 0.25) is 5.02 Å². The van der Waals surface area contributed by atoms with Gasteiger partial charge in [0.15, 0.2) is 5.69 Å². The van der Waals surface area contributed by atoms with E-state index in [-0.39, 0.29) is 17.9 Å². The van der Waals surface area contributed by atoms with Crippen molar-refractivity contribution in [2.45, 2.75) is 52.2 Å². The molecule has 0 radical (unpaired) electrons. The molecule has 1 aromatic carbocycles. The zero-order valence-corrected chi connectivity index (χ0v) is 20.1. The van der Waals surface area contributed by atoms with Crippen LogP contribution in [0, 0.1) is 0 Å². The van der Waals surface area contributed by atoms with E-state index in [0.717, 1.165) is 5.69 Å². The van der Waals surface area contributed by atoms with Crippen molar-refractivity contribution in [3.63, 3.8) is 0 Å². The monoisotopic (exact) mass is 484 g/mol. The molecule has 0 unspecified atom stereocenters. The zero-order valence-electron chi connectivity index (χ0n) is 19.4. The van der Waals surface area contributed by atoms with Crippen molar-refractivity contribution in [3.05, 3.63) is 63.3 Å². The number of nitrogens with zero attached hydrogens (tertiary/aromatic N) is 4. The summed E-state index contributed by atoms with van der Waals surface area (Å²) in [5, 5.41) is 8.50. The standard InChI is InChI=1S/C24H25ClN4O5/c1-5-33-23(32)20-9-7-16-10-14(11-21(30)29(16)20)17-12-15(25)6-8-19(17)28-13-18(26-27-28)22(31)34-24(2,3)4/h6,8,10-13,20H,5,7,9H2,1-4H3/t20-/m0/s1. The number of rotatable bonds is 5. The van der Waals surface area contributed by atoms with Gasteiger partial charge in [0.25, 0.3) is 5.56 Å². The molecule has 1 aliphatic heterocycles. The zero-order chi connectivity index (χ0) is 24.6. The van der Waals surface area contributed by atoms with Gasteiger partial charge in [0.2, 0.25) is 0 Å². The van der Waals surface area contributed by atoms with Crippen molar-refractivity contribution >= 4 is 23.5 Å². The molecule has 0 bridgehead atoms. The first-order valence-electron chi connectivity index (χ1n) is 11.0. The lowest BCUT2D eigenvalue weighted by Gasteiger charge is -2.18. The summed E-state index contributed by atoms with van der Waals surface area (Å²) >= 11 is 6.28. The number of carbonyl (C=O) groups excluding carboxylic acids is 2. The maximum Gasteiger partial charge on any atom is 0.361 e. The third kappa shape index (κ3) is 4.75. The lowest BCUT2D eigenvalue weighted by atomic mass is 10.0. The van der Waals surface area contributed by atoms with Crippen molar-refractivity contribution in [3.8, 4) is 16.8 Å². The molecule has 0 saturated carbocycles. The Labute approximate surface area is 201 Å². The minimum absolute atomic E-state index is 0.0575. The number of esters is 2. The Morgan fingerprint density at radius 2 is 1.97 bits per heavy atom. The van der Waals surface area contributed by atoms with Crippen LogP contribution in [0.5, 0.6) is 0 Å². The number of carbonyl (C=O) groups is 2. The van der Waals surface area contributed by atoms with Crippen LogP contribution in [-0.4, -0.2) is 43.7 Å². The van der Waals surface area contributed by atoms with Crippen LogP contribution >= 0.6 is 11.6 Å². The SMILES string of the molecule is CCOC(=O)[C@@H]1CCc2cc(-c3cc(Cl)ccc3-n3cc(C(=O)OC(C)(C)C)nn3)cc(=O)n21. The molecule has 0 N–H and O–H groups in total. The lowest BCUT2D eigenvalue weighted by Crippen LogP contribution is -2.28. The Morgan fingerprint density at radius 3 is 2.68 bits per heavy atom. The number of ether oxygens (including phenoxy) is 2. The number of fused-ring (bicyclic) bond motifs is 1. The highest BCUT2D eigenvalue weighted by Gasteiger charge is 2.31. The average Bonchev–Trinajstić information content (AvgIpc) is 3.40. The Kier molecular flexibility index (Phi) is 6.31. The molecule has 178 valence electrons. The highest BCUT2D eigenvalue weighted by Crippen LogP contribution is 2.32. The normalized spacial score (nSPS) is 15.1. The van der Waals surface area contributed by atoms with E-state index in [1.54, 1.807) is 45.9 Å². The first-order chi connectivity index (χ1) is 16.1. The van der Waals surface area contributed by atoms with E-state index in [0.29, 0.717) is 34.7 Å². The summed E-state index contributed by atoms with van der Waals surface area (Å²) in [5.74, 6) is -0.994. The van der Waals surface area contributed by atoms with Gasteiger partial charge in [-0.25, -0.2) is 14.3 Å². The minimum Gasteiger partial charge on any atom is -0.464 e. The topological polar surface area (TPSA) is 105 Å². The lowest BCUT2D eigenvalue weighted by molar-refractivity contribution is -0.147. The molecule has 0 fully saturated rings. The Hall–Kier alpha value is -3.46. The summed E-state index contributed by atoms with van der Waals surface area (Å²) in [6, 6.07) is 7.84. The first-order valence-corrected chi connectivity index (χ1v) is 11.3. The van der Waals surface area contributed by atoms with Gasteiger partial charge in [-0.05, 0) is 70.4 Å².